The van der Waals surface area contributed by atoms with E-state index in [0.717, 1.165) is 25.7 Å². The number of piperidine rings is 1. The van der Waals surface area contributed by atoms with Crippen LogP contribution in [0.2, 0.25) is 0 Å². The highest BCUT2D eigenvalue weighted by molar-refractivity contribution is 7.89. The van der Waals surface area contributed by atoms with Crippen LogP contribution in [0.4, 0.5) is 0 Å². The van der Waals surface area contributed by atoms with Gasteiger partial charge in [0.2, 0.25) is 10.0 Å². The molecule has 0 spiro atoms. The van der Waals surface area contributed by atoms with E-state index in [-0.39, 0.29) is 12.1 Å². The minimum atomic E-state index is -3.35. The number of sulfonamides is 1. The minimum Gasteiger partial charge on any atom is -0.207 e. The normalized spacial score (nSPS) is 25.4. The van der Waals surface area contributed by atoms with Crippen molar-refractivity contribution in [3.8, 4) is 0 Å². The maximum atomic E-state index is 12.7. The summed E-state index contributed by atoms with van der Waals surface area (Å²) in [5.74, 6) is 0. The van der Waals surface area contributed by atoms with E-state index in [0.29, 0.717) is 4.90 Å². The first kappa shape index (κ1) is 14.5. The largest absolute Gasteiger partial charge is 0.243 e. The number of rotatable bonds is 3. The molecule has 1 aliphatic heterocycles. The third-order valence-electron chi connectivity index (χ3n) is 4.02. The van der Waals surface area contributed by atoms with E-state index in [4.69, 9.17) is 0 Å². The molecule has 0 aliphatic carbocycles. The molecule has 2 rings (SSSR count). The maximum Gasteiger partial charge on any atom is 0.243 e. The Balaban J connectivity index is 2.34. The SMILES string of the molecule is CCc1ccc(S(=O)(=O)N2[C@H](C)CCC[C@H]2C)cc1. The Kier molecular flexibility index (Phi) is 4.31. The second kappa shape index (κ2) is 5.63. The first-order valence-electron chi connectivity index (χ1n) is 7.09. The highest BCUT2D eigenvalue weighted by Gasteiger charge is 2.35. The second-order valence-electron chi connectivity index (χ2n) is 5.46. The monoisotopic (exact) mass is 281 g/mol. The summed E-state index contributed by atoms with van der Waals surface area (Å²) in [6, 6.07) is 7.49. The van der Waals surface area contributed by atoms with Crippen molar-refractivity contribution in [2.24, 2.45) is 0 Å². The third-order valence-corrected chi connectivity index (χ3v) is 6.16. The van der Waals surface area contributed by atoms with Gasteiger partial charge in [0.05, 0.1) is 4.90 Å². The molecule has 1 aliphatic rings. The van der Waals surface area contributed by atoms with Gasteiger partial charge in [-0.3, -0.25) is 0 Å². The molecule has 0 unspecified atom stereocenters. The fourth-order valence-corrected chi connectivity index (χ4v) is 4.77. The van der Waals surface area contributed by atoms with Crippen molar-refractivity contribution in [2.75, 3.05) is 0 Å². The van der Waals surface area contributed by atoms with Crippen molar-refractivity contribution in [3.63, 3.8) is 0 Å². The molecule has 1 aromatic carbocycles. The van der Waals surface area contributed by atoms with Crippen LogP contribution in [0.1, 0.15) is 45.6 Å². The number of nitrogens with zero attached hydrogens (tertiary/aromatic N) is 1. The van der Waals surface area contributed by atoms with E-state index in [1.807, 2.05) is 26.0 Å². The predicted molar refractivity (Wildman–Crippen MR) is 77.6 cm³/mol. The molecule has 0 aromatic heterocycles. The average molecular weight is 281 g/mol. The van der Waals surface area contributed by atoms with Crippen LogP contribution in [-0.2, 0) is 16.4 Å². The highest BCUT2D eigenvalue weighted by Crippen LogP contribution is 2.29. The second-order valence-corrected chi connectivity index (χ2v) is 7.30. The quantitative estimate of drug-likeness (QED) is 0.853. The molecule has 2 atom stereocenters. The van der Waals surface area contributed by atoms with E-state index in [1.54, 1.807) is 16.4 Å². The fraction of sp³-hybridized carbons (Fsp3) is 0.600. The van der Waals surface area contributed by atoms with Gasteiger partial charge in [0, 0.05) is 12.1 Å². The van der Waals surface area contributed by atoms with Gasteiger partial charge in [0.25, 0.3) is 0 Å². The van der Waals surface area contributed by atoms with Gasteiger partial charge in [-0.15, -0.1) is 0 Å². The van der Waals surface area contributed by atoms with Gasteiger partial charge in [0.15, 0.2) is 0 Å². The van der Waals surface area contributed by atoms with E-state index >= 15 is 0 Å². The van der Waals surface area contributed by atoms with Gasteiger partial charge < -0.3 is 0 Å². The molecule has 0 saturated carbocycles. The molecule has 106 valence electrons. The van der Waals surface area contributed by atoms with Crippen molar-refractivity contribution in [2.45, 2.75) is 63.4 Å². The summed E-state index contributed by atoms with van der Waals surface area (Å²) < 4.78 is 27.2. The predicted octanol–water partition coefficient (Wildman–Crippen LogP) is 3.20. The van der Waals surface area contributed by atoms with Crippen LogP contribution >= 0.6 is 0 Å². The van der Waals surface area contributed by atoms with Gasteiger partial charge in [-0.1, -0.05) is 25.5 Å². The van der Waals surface area contributed by atoms with Crippen molar-refractivity contribution >= 4 is 10.0 Å². The van der Waals surface area contributed by atoms with E-state index in [9.17, 15) is 8.42 Å². The average Bonchev–Trinajstić information content (AvgIpc) is 2.38. The Morgan fingerprint density at radius 2 is 1.63 bits per heavy atom. The van der Waals surface area contributed by atoms with Gasteiger partial charge in [-0.25, -0.2) is 8.42 Å². The Morgan fingerprint density at radius 3 is 2.11 bits per heavy atom. The summed E-state index contributed by atoms with van der Waals surface area (Å²) in [6.45, 7) is 6.08. The number of aryl methyl sites for hydroxylation is 1. The summed E-state index contributed by atoms with van der Waals surface area (Å²) in [6.07, 6.45) is 3.95. The smallest absolute Gasteiger partial charge is 0.207 e. The van der Waals surface area contributed by atoms with Gasteiger partial charge >= 0.3 is 0 Å². The Bertz CT molecular complexity index is 512. The topological polar surface area (TPSA) is 37.4 Å². The standard InChI is InChI=1S/C15H23NO2S/c1-4-14-8-10-15(11-9-14)19(17,18)16-12(2)6-5-7-13(16)3/h8-13H,4-7H2,1-3H3/t12-,13-/m1/s1. The lowest BCUT2D eigenvalue weighted by atomic mass is 10.0. The molecule has 1 aromatic rings. The first-order valence-corrected chi connectivity index (χ1v) is 8.53. The van der Waals surface area contributed by atoms with Crippen LogP contribution in [0.25, 0.3) is 0 Å². The van der Waals surface area contributed by atoms with Crippen LogP contribution in [0.5, 0.6) is 0 Å². The van der Waals surface area contributed by atoms with Gasteiger partial charge in [-0.2, -0.15) is 4.31 Å². The Hall–Kier alpha value is -0.870. The molecule has 1 fully saturated rings. The van der Waals surface area contributed by atoms with Crippen LogP contribution in [-0.4, -0.2) is 24.8 Å². The molecule has 3 nitrogen and oxygen atoms in total. The van der Waals surface area contributed by atoms with Crippen LogP contribution in [0, 0.1) is 0 Å². The molecule has 0 N–H and O–H groups in total. The van der Waals surface area contributed by atoms with Crippen LogP contribution in [0.15, 0.2) is 29.2 Å². The lowest BCUT2D eigenvalue weighted by Crippen LogP contribution is -2.47. The lowest BCUT2D eigenvalue weighted by Gasteiger charge is -2.37. The molecule has 0 bridgehead atoms. The Labute approximate surface area is 116 Å². The molecule has 0 radical (unpaired) electrons. The number of benzene rings is 1. The summed E-state index contributed by atoms with van der Waals surface area (Å²) in [5, 5.41) is 0. The molecule has 1 saturated heterocycles. The van der Waals surface area contributed by atoms with Crippen molar-refractivity contribution < 1.29 is 8.42 Å². The van der Waals surface area contributed by atoms with Crippen molar-refractivity contribution in [1.82, 2.24) is 4.31 Å². The van der Waals surface area contributed by atoms with Crippen molar-refractivity contribution in [3.05, 3.63) is 29.8 Å². The lowest BCUT2D eigenvalue weighted by molar-refractivity contribution is 0.204. The summed E-state index contributed by atoms with van der Waals surface area (Å²) in [7, 11) is -3.35. The molecular weight excluding hydrogens is 258 g/mol. The van der Waals surface area contributed by atoms with Crippen LogP contribution in [0.3, 0.4) is 0 Å². The van der Waals surface area contributed by atoms with E-state index < -0.39 is 10.0 Å². The number of hydrogen-bond donors (Lipinski definition) is 0. The first-order chi connectivity index (χ1) is 8.96. The molecule has 19 heavy (non-hydrogen) atoms. The minimum absolute atomic E-state index is 0.0969. The summed E-state index contributed by atoms with van der Waals surface area (Å²) >= 11 is 0. The van der Waals surface area contributed by atoms with E-state index in [1.165, 1.54) is 5.56 Å². The van der Waals surface area contributed by atoms with Gasteiger partial charge in [0.1, 0.15) is 0 Å². The zero-order valence-corrected chi connectivity index (χ0v) is 12.8. The van der Waals surface area contributed by atoms with Crippen molar-refractivity contribution in [1.29, 1.82) is 0 Å². The zero-order valence-electron chi connectivity index (χ0n) is 12.0. The molecular formula is C15H23NO2S. The highest BCUT2D eigenvalue weighted by atomic mass is 32.2. The maximum absolute atomic E-state index is 12.7. The van der Waals surface area contributed by atoms with Gasteiger partial charge in [-0.05, 0) is 50.8 Å². The zero-order chi connectivity index (χ0) is 14.0. The Morgan fingerprint density at radius 1 is 1.11 bits per heavy atom. The summed E-state index contributed by atoms with van der Waals surface area (Å²) in [5.41, 5.74) is 1.17. The van der Waals surface area contributed by atoms with E-state index in [2.05, 4.69) is 6.92 Å². The van der Waals surface area contributed by atoms with Crippen LogP contribution < -0.4 is 0 Å². The third kappa shape index (κ3) is 2.84. The molecule has 4 heteroatoms. The molecule has 0 amide bonds. The fourth-order valence-electron chi connectivity index (χ4n) is 2.89. The molecule has 1 heterocycles. The summed E-state index contributed by atoms with van der Waals surface area (Å²) in [4.78, 5) is 0.422. The number of hydrogen-bond acceptors (Lipinski definition) is 2.